The highest BCUT2D eigenvalue weighted by Crippen LogP contribution is 2.20. The van der Waals surface area contributed by atoms with Gasteiger partial charge in [0.15, 0.2) is 4.80 Å². The SMILES string of the molecule is CCCn1c(=NC(=O)/C=C/c2cccs2)sc2cc(CC)ccc21. The molecule has 0 atom stereocenters. The van der Waals surface area contributed by atoms with Crippen LogP contribution in [0, 0.1) is 0 Å². The summed E-state index contributed by atoms with van der Waals surface area (Å²) < 4.78 is 3.34. The largest absolute Gasteiger partial charge is 0.316 e. The van der Waals surface area contributed by atoms with Gasteiger partial charge in [0.05, 0.1) is 10.2 Å². The van der Waals surface area contributed by atoms with E-state index in [1.165, 1.54) is 10.3 Å². The Balaban J connectivity index is 2.00. The highest BCUT2D eigenvalue weighted by molar-refractivity contribution is 7.16. The van der Waals surface area contributed by atoms with E-state index in [1.54, 1.807) is 28.7 Å². The molecule has 2 aromatic heterocycles. The summed E-state index contributed by atoms with van der Waals surface area (Å²) in [6.45, 7) is 5.16. The molecule has 0 fully saturated rings. The van der Waals surface area contributed by atoms with Gasteiger partial charge in [-0.05, 0) is 48.1 Å². The van der Waals surface area contributed by atoms with Crippen LogP contribution in [0.15, 0.2) is 46.8 Å². The average Bonchev–Trinajstić information content (AvgIpc) is 3.21. The molecule has 2 heterocycles. The highest BCUT2D eigenvalue weighted by atomic mass is 32.1. The second-order valence-corrected chi connectivity index (χ2v) is 7.48. The predicted octanol–water partition coefficient (Wildman–Crippen LogP) is 4.88. The highest BCUT2D eigenvalue weighted by Gasteiger charge is 2.07. The summed E-state index contributed by atoms with van der Waals surface area (Å²) in [6.07, 6.45) is 5.39. The molecule has 5 heteroatoms. The Labute approximate surface area is 149 Å². The van der Waals surface area contributed by atoms with Crippen LogP contribution < -0.4 is 4.80 Å². The van der Waals surface area contributed by atoms with Crippen LogP contribution in [0.3, 0.4) is 0 Å². The maximum absolute atomic E-state index is 12.2. The lowest BCUT2D eigenvalue weighted by atomic mass is 10.2. The van der Waals surface area contributed by atoms with E-state index in [0.717, 1.165) is 34.6 Å². The van der Waals surface area contributed by atoms with Crippen molar-refractivity contribution in [2.45, 2.75) is 33.2 Å². The number of aryl methyl sites for hydroxylation is 2. The van der Waals surface area contributed by atoms with E-state index in [9.17, 15) is 4.79 Å². The molecule has 0 spiro atoms. The van der Waals surface area contributed by atoms with Crippen LogP contribution in [-0.2, 0) is 17.8 Å². The number of hydrogen-bond acceptors (Lipinski definition) is 3. The average molecular weight is 357 g/mol. The standard InChI is InChI=1S/C19H20N2OS2/c1-3-11-21-16-9-7-14(4-2)13-17(16)24-19(21)20-18(22)10-8-15-6-5-12-23-15/h5-10,12-13H,3-4,11H2,1-2H3/b10-8+,20-19?. The van der Waals surface area contributed by atoms with E-state index in [4.69, 9.17) is 0 Å². The summed E-state index contributed by atoms with van der Waals surface area (Å²) in [5, 5.41) is 1.99. The Bertz CT molecular complexity index is 930. The van der Waals surface area contributed by atoms with E-state index < -0.39 is 0 Å². The third-order valence-corrected chi connectivity index (χ3v) is 5.62. The first-order valence-corrected chi connectivity index (χ1v) is 9.83. The van der Waals surface area contributed by atoms with Gasteiger partial charge in [0.2, 0.25) is 0 Å². The molecule has 3 rings (SSSR count). The number of rotatable bonds is 5. The lowest BCUT2D eigenvalue weighted by molar-refractivity contribution is -0.113. The second-order valence-electron chi connectivity index (χ2n) is 5.49. The number of fused-ring (bicyclic) bond motifs is 1. The second kappa shape index (κ2) is 7.73. The van der Waals surface area contributed by atoms with Gasteiger partial charge in [0.25, 0.3) is 5.91 Å². The number of benzene rings is 1. The van der Waals surface area contributed by atoms with E-state index >= 15 is 0 Å². The minimum Gasteiger partial charge on any atom is -0.316 e. The zero-order valence-corrected chi connectivity index (χ0v) is 15.5. The maximum Gasteiger partial charge on any atom is 0.272 e. The Hall–Kier alpha value is -1.98. The van der Waals surface area contributed by atoms with Crippen molar-refractivity contribution in [2.75, 3.05) is 0 Å². The topological polar surface area (TPSA) is 34.4 Å². The first-order valence-electron chi connectivity index (χ1n) is 8.13. The molecule has 0 radical (unpaired) electrons. The van der Waals surface area contributed by atoms with Crippen LogP contribution in [0.2, 0.25) is 0 Å². The van der Waals surface area contributed by atoms with Gasteiger partial charge >= 0.3 is 0 Å². The van der Waals surface area contributed by atoms with Gasteiger partial charge in [-0.25, -0.2) is 0 Å². The van der Waals surface area contributed by atoms with Crippen molar-refractivity contribution in [3.63, 3.8) is 0 Å². The van der Waals surface area contributed by atoms with Crippen LogP contribution in [0.1, 0.15) is 30.7 Å². The zero-order chi connectivity index (χ0) is 16.9. The molecule has 124 valence electrons. The van der Waals surface area contributed by atoms with E-state index in [1.807, 2.05) is 23.6 Å². The van der Waals surface area contributed by atoms with Gasteiger partial charge < -0.3 is 4.57 Å². The van der Waals surface area contributed by atoms with Crippen molar-refractivity contribution in [2.24, 2.45) is 4.99 Å². The number of carbonyl (C=O) groups excluding carboxylic acids is 1. The minimum atomic E-state index is -0.212. The lowest BCUT2D eigenvalue weighted by Gasteiger charge is -2.03. The molecule has 24 heavy (non-hydrogen) atoms. The Morgan fingerprint density at radius 3 is 2.88 bits per heavy atom. The van der Waals surface area contributed by atoms with Crippen molar-refractivity contribution >= 4 is 44.9 Å². The van der Waals surface area contributed by atoms with Crippen LogP contribution in [0.4, 0.5) is 0 Å². The van der Waals surface area contributed by atoms with Gasteiger partial charge in [-0.2, -0.15) is 4.99 Å². The van der Waals surface area contributed by atoms with Gasteiger partial charge in [0.1, 0.15) is 0 Å². The Morgan fingerprint density at radius 2 is 2.17 bits per heavy atom. The summed E-state index contributed by atoms with van der Waals surface area (Å²) in [7, 11) is 0. The maximum atomic E-state index is 12.2. The zero-order valence-electron chi connectivity index (χ0n) is 13.9. The monoisotopic (exact) mass is 356 g/mol. The molecular formula is C19H20N2OS2. The molecule has 3 nitrogen and oxygen atoms in total. The van der Waals surface area contributed by atoms with Crippen molar-refractivity contribution in [3.8, 4) is 0 Å². The Morgan fingerprint density at radius 1 is 1.29 bits per heavy atom. The quantitative estimate of drug-likeness (QED) is 0.600. The molecule has 0 saturated heterocycles. The third kappa shape index (κ3) is 3.74. The smallest absolute Gasteiger partial charge is 0.272 e. The van der Waals surface area contributed by atoms with Crippen LogP contribution in [0.25, 0.3) is 16.3 Å². The van der Waals surface area contributed by atoms with Crippen molar-refractivity contribution < 1.29 is 4.79 Å². The van der Waals surface area contributed by atoms with Crippen LogP contribution >= 0.6 is 22.7 Å². The lowest BCUT2D eigenvalue weighted by Crippen LogP contribution is -2.16. The van der Waals surface area contributed by atoms with Crippen LogP contribution in [-0.4, -0.2) is 10.5 Å². The number of hydrogen-bond donors (Lipinski definition) is 0. The molecule has 1 amide bonds. The normalized spacial score (nSPS) is 12.5. The van der Waals surface area contributed by atoms with Gasteiger partial charge in [-0.1, -0.05) is 37.3 Å². The fourth-order valence-corrected chi connectivity index (χ4v) is 4.28. The Kier molecular flexibility index (Phi) is 5.43. The molecule has 0 bridgehead atoms. The molecule has 0 aliphatic carbocycles. The minimum absolute atomic E-state index is 0.212. The predicted molar refractivity (Wildman–Crippen MR) is 103 cm³/mol. The number of aromatic nitrogens is 1. The number of carbonyl (C=O) groups is 1. The van der Waals surface area contributed by atoms with E-state index in [-0.39, 0.29) is 5.91 Å². The molecular weight excluding hydrogens is 336 g/mol. The number of thiazole rings is 1. The van der Waals surface area contributed by atoms with Crippen molar-refractivity contribution in [1.82, 2.24) is 4.57 Å². The molecule has 0 N–H and O–H groups in total. The number of thiophene rings is 1. The summed E-state index contributed by atoms with van der Waals surface area (Å²) in [5.41, 5.74) is 2.47. The van der Waals surface area contributed by atoms with Crippen LogP contribution in [0.5, 0.6) is 0 Å². The van der Waals surface area contributed by atoms with Crippen molar-refractivity contribution in [1.29, 1.82) is 0 Å². The molecule has 0 aliphatic heterocycles. The molecule has 1 aromatic carbocycles. The first kappa shape index (κ1) is 16.9. The summed E-state index contributed by atoms with van der Waals surface area (Å²) >= 11 is 3.20. The summed E-state index contributed by atoms with van der Waals surface area (Å²) in [6, 6.07) is 10.5. The van der Waals surface area contributed by atoms with Crippen molar-refractivity contribution in [3.05, 3.63) is 57.0 Å². The van der Waals surface area contributed by atoms with Gasteiger partial charge in [0, 0.05) is 17.5 Å². The van der Waals surface area contributed by atoms with E-state index in [2.05, 4.69) is 41.6 Å². The fraction of sp³-hybridized carbons (Fsp3) is 0.263. The first-order chi connectivity index (χ1) is 11.7. The fourth-order valence-electron chi connectivity index (χ4n) is 2.53. The molecule has 0 aliphatic rings. The van der Waals surface area contributed by atoms with Gasteiger partial charge in [-0.3, -0.25) is 4.79 Å². The number of nitrogens with zero attached hydrogens (tertiary/aromatic N) is 2. The molecule has 3 aromatic rings. The molecule has 0 saturated carbocycles. The number of amides is 1. The summed E-state index contributed by atoms with van der Waals surface area (Å²) in [4.78, 5) is 18.4. The van der Waals surface area contributed by atoms with E-state index in [0.29, 0.717) is 0 Å². The third-order valence-electron chi connectivity index (χ3n) is 3.74. The summed E-state index contributed by atoms with van der Waals surface area (Å²) in [5.74, 6) is -0.212. The molecule has 0 unspecified atom stereocenters. The van der Waals surface area contributed by atoms with Gasteiger partial charge in [-0.15, -0.1) is 11.3 Å².